The number of benzene rings is 2. The van der Waals surface area contributed by atoms with E-state index in [-0.39, 0.29) is 11.6 Å². The molecule has 5 heterocycles. The van der Waals surface area contributed by atoms with Crippen LogP contribution in [0.4, 0.5) is 23.0 Å². The van der Waals surface area contributed by atoms with Crippen LogP contribution in [0.25, 0.3) is 27.6 Å². The van der Waals surface area contributed by atoms with Crippen molar-refractivity contribution in [3.63, 3.8) is 0 Å². The maximum Gasteiger partial charge on any atom is 0.275 e. The molecule has 6 aromatic rings. The third-order valence-electron chi connectivity index (χ3n) is 7.07. The first-order valence-electron chi connectivity index (χ1n) is 13.8. The minimum atomic E-state index is -0.333. The molecule has 1 amide bonds. The molecule has 7 rings (SSSR count). The van der Waals surface area contributed by atoms with Gasteiger partial charge >= 0.3 is 0 Å². The van der Waals surface area contributed by atoms with E-state index in [1.165, 1.54) is 6.20 Å². The highest BCUT2D eigenvalue weighted by Crippen LogP contribution is 2.35. The van der Waals surface area contributed by atoms with Gasteiger partial charge in [0.1, 0.15) is 11.4 Å². The van der Waals surface area contributed by atoms with Gasteiger partial charge in [-0.05, 0) is 49.4 Å². The Bertz CT molecular complexity index is 1900. The predicted octanol–water partition coefficient (Wildman–Crippen LogP) is 5.45. The summed E-state index contributed by atoms with van der Waals surface area (Å²) in [5, 5.41) is 8.25. The molecule has 2 N–H and O–H groups in total. The fourth-order valence-corrected chi connectivity index (χ4v) is 5.65. The fraction of sp³-hybridized carbons (Fsp3) is 0.161. The van der Waals surface area contributed by atoms with Gasteiger partial charge in [0.2, 0.25) is 5.95 Å². The molecule has 0 saturated carbocycles. The lowest BCUT2D eigenvalue weighted by atomic mass is 10.1. The molecule has 0 atom stereocenters. The van der Waals surface area contributed by atoms with Crippen molar-refractivity contribution in [2.75, 3.05) is 41.8 Å². The number of hydrogen-bond acceptors (Lipinski definition) is 10. The molecule has 1 fully saturated rings. The summed E-state index contributed by atoms with van der Waals surface area (Å²) in [6.45, 7) is 5.09. The second-order valence-corrected chi connectivity index (χ2v) is 10.9. The van der Waals surface area contributed by atoms with Gasteiger partial charge in [-0.25, -0.2) is 19.9 Å². The first-order chi connectivity index (χ1) is 21.1. The number of aryl methyl sites for hydroxylation is 1. The molecule has 0 bridgehead atoms. The number of nitrogens with one attached hydrogen (secondary N) is 2. The summed E-state index contributed by atoms with van der Waals surface area (Å²) in [6.07, 6.45) is 6.75. The van der Waals surface area contributed by atoms with E-state index >= 15 is 0 Å². The Hall–Kier alpha value is -5.20. The molecule has 0 unspecified atom stereocenters. The van der Waals surface area contributed by atoms with Crippen LogP contribution in [0, 0.1) is 6.92 Å². The van der Waals surface area contributed by atoms with Gasteiger partial charge in [-0.15, -0.1) is 11.3 Å². The minimum Gasteiger partial charge on any atom is -0.378 e. The summed E-state index contributed by atoms with van der Waals surface area (Å²) in [5.74, 6) is 0.146. The van der Waals surface area contributed by atoms with Crippen LogP contribution < -0.4 is 15.5 Å². The second-order valence-electron chi connectivity index (χ2n) is 9.98. The molecule has 214 valence electrons. The van der Waals surface area contributed by atoms with Gasteiger partial charge in [-0.1, -0.05) is 12.1 Å². The molecular weight excluding hydrogens is 562 g/mol. The predicted molar refractivity (Wildman–Crippen MR) is 167 cm³/mol. The zero-order valence-corrected chi connectivity index (χ0v) is 24.1. The van der Waals surface area contributed by atoms with Gasteiger partial charge in [0.05, 0.1) is 36.5 Å². The van der Waals surface area contributed by atoms with Crippen molar-refractivity contribution in [2.24, 2.45) is 0 Å². The Morgan fingerprint density at radius 2 is 1.81 bits per heavy atom. The smallest absolute Gasteiger partial charge is 0.275 e. The normalized spacial score (nSPS) is 13.3. The van der Waals surface area contributed by atoms with Crippen LogP contribution >= 0.6 is 11.3 Å². The van der Waals surface area contributed by atoms with Crippen molar-refractivity contribution in [3.05, 3.63) is 96.2 Å². The van der Waals surface area contributed by atoms with Crippen molar-refractivity contribution in [1.82, 2.24) is 29.3 Å². The monoisotopic (exact) mass is 589 g/mol. The van der Waals surface area contributed by atoms with E-state index in [1.807, 2.05) is 65.4 Å². The summed E-state index contributed by atoms with van der Waals surface area (Å²) in [7, 11) is 0. The molecule has 0 radical (unpaired) electrons. The number of ether oxygens (including phenoxy) is 1. The van der Waals surface area contributed by atoms with Gasteiger partial charge in [0.25, 0.3) is 5.91 Å². The Kier molecular flexibility index (Phi) is 7.19. The molecular formula is C31H27N9O2S. The number of nitrogens with zero attached hydrogens (tertiary/aromatic N) is 7. The van der Waals surface area contributed by atoms with Gasteiger partial charge in [-0.3, -0.25) is 14.2 Å². The van der Waals surface area contributed by atoms with Crippen molar-refractivity contribution in [1.29, 1.82) is 0 Å². The number of aromatic nitrogens is 6. The number of amides is 1. The van der Waals surface area contributed by atoms with Crippen molar-refractivity contribution < 1.29 is 9.53 Å². The topological polar surface area (TPSA) is 122 Å². The summed E-state index contributed by atoms with van der Waals surface area (Å²) in [6, 6.07) is 17.7. The molecule has 1 aliphatic heterocycles. The number of thiazole rings is 1. The van der Waals surface area contributed by atoms with E-state index in [0.29, 0.717) is 17.3 Å². The fourth-order valence-electron chi connectivity index (χ4n) is 4.94. The van der Waals surface area contributed by atoms with E-state index < -0.39 is 0 Å². The number of carbonyl (C=O) groups excluding carboxylic acids is 1. The van der Waals surface area contributed by atoms with Crippen molar-refractivity contribution in [3.8, 4) is 22.6 Å². The summed E-state index contributed by atoms with van der Waals surface area (Å²) < 4.78 is 7.49. The third-order valence-corrected chi connectivity index (χ3v) is 7.82. The second kappa shape index (κ2) is 11.6. The molecule has 1 saturated heterocycles. The molecule has 0 spiro atoms. The molecule has 11 nitrogen and oxygen atoms in total. The molecule has 0 aliphatic carbocycles. The third kappa shape index (κ3) is 5.65. The Labute approximate surface area is 251 Å². The minimum absolute atomic E-state index is 0.246. The highest BCUT2D eigenvalue weighted by molar-refractivity contribution is 7.15. The summed E-state index contributed by atoms with van der Waals surface area (Å²) in [4.78, 5) is 38.5. The van der Waals surface area contributed by atoms with Crippen molar-refractivity contribution >= 4 is 45.2 Å². The first kappa shape index (κ1) is 26.7. The zero-order valence-electron chi connectivity index (χ0n) is 23.3. The largest absolute Gasteiger partial charge is 0.378 e. The van der Waals surface area contributed by atoms with Crippen LogP contribution in [0.5, 0.6) is 0 Å². The molecule has 12 heteroatoms. The van der Waals surface area contributed by atoms with Crippen LogP contribution in [-0.2, 0) is 4.74 Å². The number of rotatable bonds is 7. The number of carbonyl (C=O) groups is 1. The van der Waals surface area contributed by atoms with Crippen LogP contribution in [0.2, 0.25) is 0 Å². The van der Waals surface area contributed by atoms with Crippen LogP contribution in [0.1, 0.15) is 16.2 Å². The summed E-state index contributed by atoms with van der Waals surface area (Å²) in [5.41, 5.74) is 6.81. The summed E-state index contributed by atoms with van der Waals surface area (Å²) >= 11 is 1.54. The van der Waals surface area contributed by atoms with Gasteiger partial charge in [0, 0.05) is 59.7 Å². The number of hydrogen-bond donors (Lipinski definition) is 2. The van der Waals surface area contributed by atoms with Crippen LogP contribution in [-0.4, -0.2) is 61.5 Å². The van der Waals surface area contributed by atoms with E-state index in [2.05, 4.69) is 42.6 Å². The van der Waals surface area contributed by atoms with E-state index in [4.69, 9.17) is 14.7 Å². The maximum absolute atomic E-state index is 12.8. The average molecular weight is 590 g/mol. The molecule has 43 heavy (non-hydrogen) atoms. The highest BCUT2D eigenvalue weighted by atomic mass is 32.1. The molecule has 2 aromatic carbocycles. The molecule has 1 aliphatic rings. The van der Waals surface area contributed by atoms with Gasteiger partial charge < -0.3 is 20.3 Å². The first-order valence-corrected chi connectivity index (χ1v) is 14.7. The maximum atomic E-state index is 12.8. The quantitative estimate of drug-likeness (QED) is 0.250. The standard InChI is InChI=1S/C31H27N9O2S/c1-20-18-34-26(19-33-20)29(41)35-23-4-2-3-21(17-23)27-28(40-13-16-43-31(40)38-27)25-9-10-32-30(37-25)36-22-5-7-24(8-6-22)39-11-14-42-15-12-39/h2-10,13,16-19H,11-12,14-15H2,1H3,(H,35,41)(H,32,36,37). The Balaban J connectivity index is 1.16. The Morgan fingerprint density at radius 1 is 0.953 bits per heavy atom. The molecule has 4 aromatic heterocycles. The number of fused-ring (bicyclic) bond motifs is 1. The SMILES string of the molecule is Cc1cnc(C(=O)Nc2cccc(-c3nc4sccn4c3-c3ccnc(Nc4ccc(N5CCOCC5)cc4)n3)c2)cn1. The zero-order chi connectivity index (χ0) is 29.2. The average Bonchev–Trinajstić information content (AvgIpc) is 3.64. The number of anilines is 4. The Morgan fingerprint density at radius 3 is 2.63 bits per heavy atom. The van der Waals surface area contributed by atoms with Crippen molar-refractivity contribution in [2.45, 2.75) is 6.92 Å². The van der Waals surface area contributed by atoms with Gasteiger partial charge in [0.15, 0.2) is 4.96 Å². The number of imidazole rings is 1. The lowest BCUT2D eigenvalue weighted by molar-refractivity contribution is 0.102. The lowest BCUT2D eigenvalue weighted by Gasteiger charge is -2.28. The highest BCUT2D eigenvalue weighted by Gasteiger charge is 2.19. The number of morpholine rings is 1. The van der Waals surface area contributed by atoms with E-state index in [0.717, 1.165) is 65.3 Å². The van der Waals surface area contributed by atoms with E-state index in [1.54, 1.807) is 23.7 Å². The lowest BCUT2D eigenvalue weighted by Crippen LogP contribution is -2.36. The van der Waals surface area contributed by atoms with Crippen LogP contribution in [0.15, 0.2) is 84.8 Å². The van der Waals surface area contributed by atoms with Crippen LogP contribution in [0.3, 0.4) is 0 Å². The van der Waals surface area contributed by atoms with Gasteiger partial charge in [-0.2, -0.15) is 0 Å². The van der Waals surface area contributed by atoms with E-state index in [9.17, 15) is 4.79 Å².